The van der Waals surface area contributed by atoms with Crippen LogP contribution >= 0.6 is 0 Å². The SMILES string of the molecule is O=C(NCc1ccc(Oc2cccc(F)c2)nc1)C1CC(c2ccccc2)NN1. The number of hydrogen-bond acceptors (Lipinski definition) is 5. The Morgan fingerprint density at radius 1 is 1.10 bits per heavy atom. The second-order valence-corrected chi connectivity index (χ2v) is 6.82. The van der Waals surface area contributed by atoms with E-state index in [1.807, 2.05) is 36.4 Å². The lowest BCUT2D eigenvalue weighted by Crippen LogP contribution is -2.42. The van der Waals surface area contributed by atoms with E-state index in [0.29, 0.717) is 24.6 Å². The van der Waals surface area contributed by atoms with Crippen LogP contribution in [0.4, 0.5) is 4.39 Å². The van der Waals surface area contributed by atoms with Crippen LogP contribution in [0.15, 0.2) is 72.9 Å². The lowest BCUT2D eigenvalue weighted by molar-refractivity contribution is -0.123. The van der Waals surface area contributed by atoms with Crippen molar-refractivity contribution in [2.75, 3.05) is 0 Å². The van der Waals surface area contributed by atoms with Crippen molar-refractivity contribution in [2.24, 2.45) is 0 Å². The smallest absolute Gasteiger partial charge is 0.238 e. The highest BCUT2D eigenvalue weighted by molar-refractivity contribution is 5.82. The van der Waals surface area contributed by atoms with Gasteiger partial charge in [-0.3, -0.25) is 4.79 Å². The molecule has 4 rings (SSSR count). The number of carbonyl (C=O) groups excluding carboxylic acids is 1. The number of pyridine rings is 1. The number of benzene rings is 2. The van der Waals surface area contributed by atoms with E-state index in [0.717, 1.165) is 11.1 Å². The molecule has 7 heteroatoms. The van der Waals surface area contributed by atoms with Crippen molar-refractivity contribution in [3.63, 3.8) is 0 Å². The zero-order chi connectivity index (χ0) is 20.1. The van der Waals surface area contributed by atoms with E-state index in [4.69, 9.17) is 4.74 Å². The molecule has 3 N–H and O–H groups in total. The fourth-order valence-electron chi connectivity index (χ4n) is 3.17. The van der Waals surface area contributed by atoms with Crippen LogP contribution in [0.25, 0.3) is 0 Å². The summed E-state index contributed by atoms with van der Waals surface area (Å²) in [4.78, 5) is 16.6. The van der Waals surface area contributed by atoms with Gasteiger partial charge in [-0.2, -0.15) is 0 Å². The Balaban J connectivity index is 1.27. The van der Waals surface area contributed by atoms with Crippen LogP contribution in [0.1, 0.15) is 23.6 Å². The van der Waals surface area contributed by atoms with Crippen LogP contribution in [-0.4, -0.2) is 16.9 Å². The topological polar surface area (TPSA) is 75.3 Å². The molecule has 1 aromatic heterocycles. The first-order valence-electron chi connectivity index (χ1n) is 9.39. The summed E-state index contributed by atoms with van der Waals surface area (Å²) in [6.45, 7) is 0.361. The number of aromatic nitrogens is 1. The number of hydrogen-bond donors (Lipinski definition) is 3. The Bertz CT molecular complexity index is 966. The second-order valence-electron chi connectivity index (χ2n) is 6.82. The van der Waals surface area contributed by atoms with E-state index < -0.39 is 0 Å². The highest BCUT2D eigenvalue weighted by Crippen LogP contribution is 2.22. The Morgan fingerprint density at radius 3 is 2.72 bits per heavy atom. The molecule has 2 unspecified atom stereocenters. The maximum absolute atomic E-state index is 13.2. The molecule has 2 aromatic carbocycles. The van der Waals surface area contributed by atoms with Crippen molar-refractivity contribution in [1.82, 2.24) is 21.2 Å². The first-order valence-corrected chi connectivity index (χ1v) is 9.39. The van der Waals surface area contributed by atoms with Crippen LogP contribution in [0, 0.1) is 5.82 Å². The van der Waals surface area contributed by atoms with Crippen LogP contribution in [-0.2, 0) is 11.3 Å². The molecule has 3 aromatic rings. The largest absolute Gasteiger partial charge is 0.439 e. The summed E-state index contributed by atoms with van der Waals surface area (Å²) in [5.74, 6) is 0.298. The molecule has 1 aliphatic rings. The predicted molar refractivity (Wildman–Crippen MR) is 106 cm³/mol. The summed E-state index contributed by atoms with van der Waals surface area (Å²) < 4.78 is 18.7. The maximum Gasteiger partial charge on any atom is 0.238 e. The molecule has 1 saturated heterocycles. The molecule has 2 heterocycles. The normalized spacial score (nSPS) is 18.4. The monoisotopic (exact) mass is 392 g/mol. The number of carbonyl (C=O) groups is 1. The lowest BCUT2D eigenvalue weighted by atomic mass is 10.0. The molecule has 0 aliphatic carbocycles. The van der Waals surface area contributed by atoms with Crippen molar-refractivity contribution in [2.45, 2.75) is 25.0 Å². The molecule has 148 valence electrons. The van der Waals surface area contributed by atoms with Gasteiger partial charge in [0.1, 0.15) is 17.6 Å². The van der Waals surface area contributed by atoms with E-state index in [-0.39, 0.29) is 23.8 Å². The fraction of sp³-hybridized carbons (Fsp3) is 0.182. The molecule has 29 heavy (non-hydrogen) atoms. The number of amides is 1. The van der Waals surface area contributed by atoms with Crippen LogP contribution < -0.4 is 20.9 Å². The zero-order valence-electron chi connectivity index (χ0n) is 15.6. The number of ether oxygens (including phenoxy) is 1. The third-order valence-corrected chi connectivity index (χ3v) is 4.70. The molecule has 1 amide bonds. The molecule has 0 saturated carbocycles. The second kappa shape index (κ2) is 8.81. The van der Waals surface area contributed by atoms with Gasteiger partial charge in [0, 0.05) is 30.9 Å². The molecule has 0 radical (unpaired) electrons. The predicted octanol–water partition coefficient (Wildman–Crippen LogP) is 3.24. The van der Waals surface area contributed by atoms with Gasteiger partial charge < -0.3 is 10.1 Å². The number of nitrogens with one attached hydrogen (secondary N) is 3. The fourth-order valence-corrected chi connectivity index (χ4v) is 3.17. The molecule has 1 aliphatic heterocycles. The quantitative estimate of drug-likeness (QED) is 0.601. The van der Waals surface area contributed by atoms with Crippen molar-refractivity contribution in [3.05, 3.63) is 89.9 Å². The minimum atomic E-state index is -0.369. The number of rotatable bonds is 6. The van der Waals surface area contributed by atoms with E-state index in [1.165, 1.54) is 12.1 Å². The maximum atomic E-state index is 13.2. The Morgan fingerprint density at radius 2 is 1.97 bits per heavy atom. The van der Waals surface area contributed by atoms with Crippen LogP contribution in [0.2, 0.25) is 0 Å². The minimum absolute atomic E-state index is 0.0731. The number of halogens is 1. The van der Waals surface area contributed by atoms with Gasteiger partial charge in [-0.1, -0.05) is 42.5 Å². The molecular weight excluding hydrogens is 371 g/mol. The Labute approximate surface area is 168 Å². The summed E-state index contributed by atoms with van der Waals surface area (Å²) in [7, 11) is 0. The Kier molecular flexibility index (Phi) is 5.79. The summed E-state index contributed by atoms with van der Waals surface area (Å²) >= 11 is 0. The average Bonchev–Trinajstić information content (AvgIpc) is 3.24. The average molecular weight is 392 g/mol. The van der Waals surface area contributed by atoms with Gasteiger partial charge in [-0.15, -0.1) is 0 Å². The van der Waals surface area contributed by atoms with Crippen molar-refractivity contribution < 1.29 is 13.9 Å². The lowest BCUT2D eigenvalue weighted by Gasteiger charge is -2.11. The van der Waals surface area contributed by atoms with E-state index in [1.54, 1.807) is 24.4 Å². The molecule has 0 bridgehead atoms. The van der Waals surface area contributed by atoms with E-state index in [9.17, 15) is 9.18 Å². The van der Waals surface area contributed by atoms with Gasteiger partial charge in [0.15, 0.2) is 0 Å². The summed E-state index contributed by atoms with van der Waals surface area (Å²) in [5.41, 5.74) is 8.21. The summed E-state index contributed by atoms with van der Waals surface area (Å²) in [6.07, 6.45) is 2.30. The summed E-state index contributed by atoms with van der Waals surface area (Å²) in [6, 6.07) is 19.2. The van der Waals surface area contributed by atoms with Crippen LogP contribution in [0.3, 0.4) is 0 Å². The minimum Gasteiger partial charge on any atom is -0.439 e. The first-order chi connectivity index (χ1) is 14.2. The van der Waals surface area contributed by atoms with Gasteiger partial charge in [0.05, 0.1) is 0 Å². The summed E-state index contributed by atoms with van der Waals surface area (Å²) in [5, 5.41) is 2.92. The molecule has 2 atom stereocenters. The standard InChI is InChI=1S/C22H21FN4O2/c23-17-7-4-8-18(11-17)29-21-10-9-15(13-24-21)14-25-22(28)20-12-19(26-27-20)16-5-2-1-3-6-16/h1-11,13,19-20,26-27H,12,14H2,(H,25,28). The van der Waals surface area contributed by atoms with Crippen molar-refractivity contribution in [3.8, 4) is 11.6 Å². The van der Waals surface area contributed by atoms with Crippen molar-refractivity contribution in [1.29, 1.82) is 0 Å². The zero-order valence-corrected chi connectivity index (χ0v) is 15.6. The van der Waals surface area contributed by atoms with Crippen LogP contribution in [0.5, 0.6) is 11.6 Å². The number of hydrazine groups is 1. The van der Waals surface area contributed by atoms with Gasteiger partial charge in [0.2, 0.25) is 11.8 Å². The molecule has 6 nitrogen and oxygen atoms in total. The molecule has 0 spiro atoms. The van der Waals surface area contributed by atoms with E-state index in [2.05, 4.69) is 21.2 Å². The third-order valence-electron chi connectivity index (χ3n) is 4.70. The van der Waals surface area contributed by atoms with Gasteiger partial charge >= 0.3 is 0 Å². The van der Waals surface area contributed by atoms with Gasteiger partial charge in [0.25, 0.3) is 0 Å². The third kappa shape index (κ3) is 4.96. The van der Waals surface area contributed by atoms with Crippen molar-refractivity contribution >= 4 is 5.91 Å². The van der Waals surface area contributed by atoms with Gasteiger partial charge in [-0.05, 0) is 29.7 Å². The Hall–Kier alpha value is -3.29. The van der Waals surface area contributed by atoms with E-state index >= 15 is 0 Å². The number of nitrogens with zero attached hydrogens (tertiary/aromatic N) is 1. The molecular formula is C22H21FN4O2. The molecule has 1 fully saturated rings. The first kappa shape index (κ1) is 19.0. The highest BCUT2D eigenvalue weighted by atomic mass is 19.1. The van der Waals surface area contributed by atoms with Gasteiger partial charge in [-0.25, -0.2) is 20.2 Å². The highest BCUT2D eigenvalue weighted by Gasteiger charge is 2.29.